The summed E-state index contributed by atoms with van der Waals surface area (Å²) < 4.78 is 29.2. The monoisotopic (exact) mass is 448 g/mol. The number of allylic oxidation sites excluding steroid dienone is 3. The van der Waals surface area contributed by atoms with E-state index in [4.69, 9.17) is 0 Å². The molecule has 0 radical (unpaired) electrons. The number of phenols is 1. The van der Waals surface area contributed by atoms with E-state index in [2.05, 4.69) is 16.9 Å². The van der Waals surface area contributed by atoms with E-state index in [9.17, 15) is 19.0 Å². The molecule has 0 saturated heterocycles. The van der Waals surface area contributed by atoms with Crippen LogP contribution in [0.5, 0.6) is 5.75 Å². The first kappa shape index (κ1) is 22.7. The van der Waals surface area contributed by atoms with E-state index >= 15 is 0 Å². The summed E-state index contributed by atoms with van der Waals surface area (Å²) in [5.41, 5.74) is 3.91. The van der Waals surface area contributed by atoms with Gasteiger partial charge in [-0.05, 0) is 56.2 Å². The van der Waals surface area contributed by atoms with Crippen LogP contribution in [0.15, 0.2) is 90.2 Å². The molecule has 0 spiro atoms. The molecule has 1 aliphatic rings. The predicted molar refractivity (Wildman–Crippen MR) is 127 cm³/mol. The summed E-state index contributed by atoms with van der Waals surface area (Å²) in [7, 11) is 0. The van der Waals surface area contributed by atoms with Crippen molar-refractivity contribution in [3.05, 3.63) is 101 Å². The Morgan fingerprint density at radius 3 is 2.67 bits per heavy atom. The van der Waals surface area contributed by atoms with E-state index in [1.54, 1.807) is 42.6 Å². The number of pyridine rings is 1. The number of nitrogens with zero attached hydrogens (tertiary/aromatic N) is 1. The number of aromatic nitrogens is 1. The molecule has 3 N–H and O–H groups in total. The highest BCUT2D eigenvalue weighted by atomic mass is 19.3. The number of phenolic OH excluding ortho intramolecular Hbond substituents is 1. The van der Waals surface area contributed by atoms with Gasteiger partial charge in [0, 0.05) is 34.3 Å². The van der Waals surface area contributed by atoms with Gasteiger partial charge in [0.05, 0.1) is 0 Å². The quantitative estimate of drug-likeness (QED) is 0.232. The molecule has 4 rings (SSSR count). The van der Waals surface area contributed by atoms with Crippen molar-refractivity contribution >= 4 is 16.6 Å². The average Bonchev–Trinajstić information content (AvgIpc) is 2.82. The topological polar surface area (TPSA) is 65.4 Å². The molecule has 0 saturated carbocycles. The van der Waals surface area contributed by atoms with Gasteiger partial charge >= 0.3 is 0 Å². The summed E-state index contributed by atoms with van der Waals surface area (Å²) in [6.07, 6.45) is 3.65. The van der Waals surface area contributed by atoms with Crippen molar-refractivity contribution < 1.29 is 19.0 Å². The second-order valence-corrected chi connectivity index (χ2v) is 8.38. The van der Waals surface area contributed by atoms with Gasteiger partial charge in [-0.15, -0.1) is 0 Å². The number of anilines is 1. The molecule has 170 valence electrons. The number of fused-ring (bicyclic) bond motifs is 1. The zero-order chi connectivity index (χ0) is 23.8. The number of rotatable bonds is 6. The number of alkyl halides is 2. The number of aliphatic hydroxyl groups excluding tert-OH is 1. The molecule has 0 fully saturated rings. The Bertz CT molecular complexity index is 1280. The van der Waals surface area contributed by atoms with E-state index in [0.717, 1.165) is 11.1 Å². The smallest absolute Gasteiger partial charge is 0.291 e. The van der Waals surface area contributed by atoms with Crippen LogP contribution in [0.2, 0.25) is 0 Å². The molecule has 1 aliphatic carbocycles. The lowest BCUT2D eigenvalue weighted by Crippen LogP contribution is -2.25. The Morgan fingerprint density at radius 2 is 1.91 bits per heavy atom. The fraction of sp³-hybridized carbons (Fsp3) is 0.222. The first-order valence-electron chi connectivity index (χ1n) is 10.7. The van der Waals surface area contributed by atoms with Crippen LogP contribution < -0.4 is 5.32 Å². The molecule has 1 unspecified atom stereocenters. The van der Waals surface area contributed by atoms with Crippen LogP contribution in [0.1, 0.15) is 37.3 Å². The standard InChI is InChI=1S/C27H26F2N2O2/c1-4-27(28,29)22-10-6-5-8-18(22)20-14-16(2)15-21(17(20)3)26(33)31-23-11-12-24(32)25-19(23)9-7-13-30-25/h4-13,15,20,26,31-33H,1,14H2,2-3H3/t20-,26?/m0/s1. The van der Waals surface area contributed by atoms with Crippen LogP contribution in [0, 0.1) is 0 Å². The number of benzene rings is 2. The summed E-state index contributed by atoms with van der Waals surface area (Å²) in [5, 5.41) is 25.0. The fourth-order valence-electron chi connectivity index (χ4n) is 4.48. The molecule has 1 aromatic heterocycles. The minimum Gasteiger partial charge on any atom is -0.506 e. The molecule has 3 aromatic rings. The summed E-state index contributed by atoms with van der Waals surface area (Å²) in [6, 6.07) is 13.3. The maximum atomic E-state index is 14.6. The van der Waals surface area contributed by atoms with Crippen LogP contribution >= 0.6 is 0 Å². The third-order valence-corrected chi connectivity index (χ3v) is 6.19. The van der Waals surface area contributed by atoms with Gasteiger partial charge in [-0.2, -0.15) is 8.78 Å². The number of hydrogen-bond donors (Lipinski definition) is 3. The number of halogens is 2. The minimum atomic E-state index is -3.15. The zero-order valence-corrected chi connectivity index (χ0v) is 18.5. The second-order valence-electron chi connectivity index (χ2n) is 8.38. The van der Waals surface area contributed by atoms with E-state index < -0.39 is 12.2 Å². The molecule has 0 bridgehead atoms. The van der Waals surface area contributed by atoms with Crippen LogP contribution in [-0.2, 0) is 5.92 Å². The number of hydrogen-bond acceptors (Lipinski definition) is 4. The third kappa shape index (κ3) is 4.26. The molecule has 1 heterocycles. The predicted octanol–water partition coefficient (Wildman–Crippen LogP) is 6.40. The third-order valence-electron chi connectivity index (χ3n) is 6.19. The van der Waals surface area contributed by atoms with Crippen LogP contribution in [0.4, 0.5) is 14.5 Å². The number of aliphatic hydroxyl groups is 1. The van der Waals surface area contributed by atoms with E-state index in [0.29, 0.717) is 40.2 Å². The number of nitrogens with one attached hydrogen (secondary N) is 1. The molecular weight excluding hydrogens is 422 g/mol. The maximum absolute atomic E-state index is 14.6. The van der Waals surface area contributed by atoms with Crippen molar-refractivity contribution in [2.45, 2.75) is 38.3 Å². The van der Waals surface area contributed by atoms with Gasteiger partial charge in [0.15, 0.2) is 6.23 Å². The number of aromatic hydroxyl groups is 1. The van der Waals surface area contributed by atoms with Gasteiger partial charge in [-0.1, -0.05) is 48.1 Å². The summed E-state index contributed by atoms with van der Waals surface area (Å²) in [6.45, 7) is 7.10. The Labute approximate surface area is 191 Å². The van der Waals surface area contributed by atoms with E-state index in [1.165, 1.54) is 12.1 Å². The first-order chi connectivity index (χ1) is 15.7. The Hall–Kier alpha value is -3.51. The largest absolute Gasteiger partial charge is 0.506 e. The SMILES string of the molecule is C=CC(F)(F)c1ccccc1[C@H]1CC(C)=CC(C(O)Nc2ccc(O)c3ncccc23)=C1C. The van der Waals surface area contributed by atoms with Crippen LogP contribution in [-0.4, -0.2) is 21.4 Å². The normalized spacial score (nSPS) is 17.6. The van der Waals surface area contributed by atoms with E-state index in [-0.39, 0.29) is 17.2 Å². The highest BCUT2D eigenvalue weighted by Gasteiger charge is 2.34. The summed E-state index contributed by atoms with van der Waals surface area (Å²) >= 11 is 0. The maximum Gasteiger partial charge on any atom is 0.291 e. The minimum absolute atomic E-state index is 0.0502. The summed E-state index contributed by atoms with van der Waals surface area (Å²) in [4.78, 5) is 4.21. The van der Waals surface area contributed by atoms with Crippen molar-refractivity contribution in [1.82, 2.24) is 4.98 Å². The van der Waals surface area contributed by atoms with Crippen molar-refractivity contribution in [3.63, 3.8) is 0 Å². The first-order valence-corrected chi connectivity index (χ1v) is 10.7. The molecule has 0 amide bonds. The van der Waals surface area contributed by atoms with Gasteiger partial charge in [0.2, 0.25) is 0 Å². The van der Waals surface area contributed by atoms with Crippen molar-refractivity contribution in [2.24, 2.45) is 0 Å². The lowest BCUT2D eigenvalue weighted by molar-refractivity contribution is 0.0513. The second kappa shape index (κ2) is 8.79. The molecule has 4 nitrogen and oxygen atoms in total. The van der Waals surface area contributed by atoms with Crippen molar-refractivity contribution in [3.8, 4) is 5.75 Å². The van der Waals surface area contributed by atoms with Crippen molar-refractivity contribution in [1.29, 1.82) is 0 Å². The highest BCUT2D eigenvalue weighted by molar-refractivity contribution is 5.95. The Morgan fingerprint density at radius 1 is 1.15 bits per heavy atom. The molecule has 0 aliphatic heterocycles. The van der Waals surface area contributed by atoms with Crippen molar-refractivity contribution in [2.75, 3.05) is 5.32 Å². The lowest BCUT2D eigenvalue weighted by Gasteiger charge is -2.31. The van der Waals surface area contributed by atoms with E-state index in [1.807, 2.05) is 19.9 Å². The molecule has 2 aromatic carbocycles. The highest BCUT2D eigenvalue weighted by Crippen LogP contribution is 2.43. The molecule has 2 atom stereocenters. The fourth-order valence-corrected chi connectivity index (χ4v) is 4.48. The van der Waals surface area contributed by atoms with Crippen LogP contribution in [0.3, 0.4) is 0 Å². The molecule has 33 heavy (non-hydrogen) atoms. The Balaban J connectivity index is 1.74. The van der Waals surface area contributed by atoms with Gasteiger partial charge in [0.25, 0.3) is 5.92 Å². The Kier molecular flexibility index (Phi) is 6.04. The molecular formula is C27H26F2N2O2. The van der Waals surface area contributed by atoms with Crippen LogP contribution in [0.25, 0.3) is 10.9 Å². The van der Waals surface area contributed by atoms with Gasteiger partial charge in [-0.3, -0.25) is 4.98 Å². The van der Waals surface area contributed by atoms with Gasteiger partial charge in [-0.25, -0.2) is 0 Å². The van der Waals surface area contributed by atoms with Gasteiger partial charge < -0.3 is 15.5 Å². The zero-order valence-electron chi connectivity index (χ0n) is 18.5. The summed E-state index contributed by atoms with van der Waals surface area (Å²) in [5.74, 6) is -3.41. The van der Waals surface area contributed by atoms with Gasteiger partial charge in [0.1, 0.15) is 11.3 Å². The molecule has 6 heteroatoms. The average molecular weight is 449 g/mol. The lowest BCUT2D eigenvalue weighted by atomic mass is 9.77.